The first kappa shape index (κ1) is 19.1. The molecule has 1 saturated carbocycles. The molecule has 0 saturated heterocycles. The lowest BCUT2D eigenvalue weighted by atomic mass is 9.66. The summed E-state index contributed by atoms with van der Waals surface area (Å²) in [5.41, 5.74) is -1.05. The third kappa shape index (κ3) is 4.20. The van der Waals surface area contributed by atoms with Crippen LogP contribution in [0.15, 0.2) is 30.5 Å². The average molecular weight is 376 g/mol. The van der Waals surface area contributed by atoms with Crippen LogP contribution in [0.4, 0.5) is 19.4 Å². The minimum Gasteiger partial charge on any atom is -0.443 e. The number of nitrogens with zero attached hydrogens (tertiary/aromatic N) is 4. The van der Waals surface area contributed by atoms with E-state index >= 15 is 0 Å². The molecule has 0 aromatic carbocycles. The summed E-state index contributed by atoms with van der Waals surface area (Å²) in [5, 5.41) is 7.16. The number of hydrogen-bond acceptors (Lipinski definition) is 5. The zero-order chi connectivity index (χ0) is 19.7. The molecule has 0 N–H and O–H groups in total. The highest BCUT2D eigenvalue weighted by atomic mass is 19.1. The van der Waals surface area contributed by atoms with Crippen LogP contribution in [0.25, 0.3) is 0 Å². The van der Waals surface area contributed by atoms with Gasteiger partial charge in [-0.25, -0.2) is 9.18 Å². The minimum absolute atomic E-state index is 0.121. The Balaban J connectivity index is 1.96. The number of anilines is 1. The fourth-order valence-electron chi connectivity index (χ4n) is 3.16. The van der Waals surface area contributed by atoms with E-state index in [-0.39, 0.29) is 12.4 Å². The second-order valence-corrected chi connectivity index (χ2v) is 7.75. The predicted molar refractivity (Wildman–Crippen MR) is 95.3 cm³/mol. The Hall–Kier alpha value is -2.64. The summed E-state index contributed by atoms with van der Waals surface area (Å²) in [6.07, 6.45) is 3.14. The van der Waals surface area contributed by atoms with E-state index in [9.17, 15) is 13.6 Å². The van der Waals surface area contributed by atoms with Crippen molar-refractivity contribution >= 4 is 11.9 Å². The Morgan fingerprint density at radius 1 is 1.22 bits per heavy atom. The molecule has 2 heterocycles. The molecule has 1 aliphatic rings. The molecule has 2 aromatic heterocycles. The van der Waals surface area contributed by atoms with Gasteiger partial charge in [0.05, 0.1) is 5.69 Å². The summed E-state index contributed by atoms with van der Waals surface area (Å²) < 4.78 is 33.1. The number of ether oxygens (including phenoxy) is 1. The Kier molecular flexibility index (Phi) is 5.08. The highest BCUT2D eigenvalue weighted by Crippen LogP contribution is 2.45. The van der Waals surface area contributed by atoms with E-state index in [4.69, 9.17) is 4.74 Å². The number of pyridine rings is 1. The summed E-state index contributed by atoms with van der Waals surface area (Å²) in [6.45, 7) is 5.36. The number of hydrogen-bond donors (Lipinski definition) is 0. The molecule has 1 aliphatic carbocycles. The van der Waals surface area contributed by atoms with E-state index in [1.165, 1.54) is 29.3 Å². The third-order valence-corrected chi connectivity index (χ3v) is 4.54. The zero-order valence-corrected chi connectivity index (χ0v) is 15.6. The zero-order valence-electron chi connectivity index (χ0n) is 15.6. The summed E-state index contributed by atoms with van der Waals surface area (Å²) in [6, 6.07) is 5.36. The maximum atomic E-state index is 14.4. The molecular formula is C19H22F2N4O2. The average Bonchev–Trinajstić information content (AvgIpc) is 2.55. The fourth-order valence-corrected chi connectivity index (χ4v) is 3.16. The van der Waals surface area contributed by atoms with Crippen molar-refractivity contribution in [1.29, 1.82) is 0 Å². The van der Waals surface area contributed by atoms with Crippen molar-refractivity contribution in [2.75, 3.05) is 11.4 Å². The molecule has 0 bridgehead atoms. The second-order valence-electron chi connectivity index (χ2n) is 7.75. The lowest BCUT2D eigenvalue weighted by Gasteiger charge is -2.44. The molecule has 0 atom stereocenters. The molecule has 27 heavy (non-hydrogen) atoms. The van der Waals surface area contributed by atoms with Gasteiger partial charge in [0.25, 0.3) is 0 Å². The summed E-state index contributed by atoms with van der Waals surface area (Å²) in [4.78, 5) is 18.3. The standard InChI is InChI=1S/C19H22F2N4O2/c1-18(2,3)27-17(26)25(15-8-7-14(21)23-24-15)12-19(9-5-10-19)16-13(20)6-4-11-22-16/h4,6-8,11H,5,9-10,12H2,1-3H3. The fraction of sp³-hybridized carbons (Fsp3) is 0.474. The van der Waals surface area contributed by atoms with Gasteiger partial charge in [-0.15, -0.1) is 10.2 Å². The Morgan fingerprint density at radius 3 is 2.48 bits per heavy atom. The number of carbonyl (C=O) groups excluding carboxylic acids is 1. The van der Waals surface area contributed by atoms with Crippen LogP contribution in [0.2, 0.25) is 0 Å². The van der Waals surface area contributed by atoms with Crippen molar-refractivity contribution < 1.29 is 18.3 Å². The van der Waals surface area contributed by atoms with Gasteiger partial charge in [0.2, 0.25) is 5.95 Å². The second kappa shape index (κ2) is 7.17. The van der Waals surface area contributed by atoms with Gasteiger partial charge in [-0.2, -0.15) is 4.39 Å². The van der Waals surface area contributed by atoms with Gasteiger partial charge < -0.3 is 4.74 Å². The predicted octanol–water partition coefficient (Wildman–Crippen LogP) is 4.01. The van der Waals surface area contributed by atoms with Crippen molar-refractivity contribution in [2.24, 2.45) is 0 Å². The molecule has 1 amide bonds. The lowest BCUT2D eigenvalue weighted by Crippen LogP contribution is -2.50. The first-order chi connectivity index (χ1) is 12.7. The maximum Gasteiger partial charge on any atom is 0.416 e. The molecule has 3 rings (SSSR count). The molecule has 0 unspecified atom stereocenters. The quantitative estimate of drug-likeness (QED) is 0.806. The highest BCUT2D eigenvalue weighted by Gasteiger charge is 2.45. The van der Waals surface area contributed by atoms with E-state index in [1.54, 1.807) is 20.8 Å². The van der Waals surface area contributed by atoms with Crippen LogP contribution in [0, 0.1) is 11.8 Å². The van der Waals surface area contributed by atoms with Crippen LogP contribution in [0.5, 0.6) is 0 Å². The van der Waals surface area contributed by atoms with Gasteiger partial charge >= 0.3 is 6.09 Å². The molecule has 0 aliphatic heterocycles. The van der Waals surface area contributed by atoms with Crippen molar-refractivity contribution in [3.05, 3.63) is 47.9 Å². The number of amides is 1. The summed E-state index contributed by atoms with van der Waals surface area (Å²) in [7, 11) is 0. The van der Waals surface area contributed by atoms with Crippen LogP contribution in [0.3, 0.4) is 0 Å². The lowest BCUT2D eigenvalue weighted by molar-refractivity contribution is 0.0557. The highest BCUT2D eigenvalue weighted by molar-refractivity contribution is 5.86. The maximum absolute atomic E-state index is 14.4. The van der Waals surface area contributed by atoms with Crippen molar-refractivity contribution in [3.63, 3.8) is 0 Å². The van der Waals surface area contributed by atoms with Crippen LogP contribution >= 0.6 is 0 Å². The number of aromatic nitrogens is 3. The van der Waals surface area contributed by atoms with Crippen molar-refractivity contribution in [2.45, 2.75) is 51.0 Å². The molecule has 1 fully saturated rings. The SMILES string of the molecule is CC(C)(C)OC(=O)N(CC1(c2ncccc2F)CCC1)c1ccc(F)nn1. The summed E-state index contributed by atoms with van der Waals surface area (Å²) >= 11 is 0. The minimum atomic E-state index is -0.753. The molecule has 0 spiro atoms. The van der Waals surface area contributed by atoms with Gasteiger partial charge in [0.1, 0.15) is 11.4 Å². The van der Waals surface area contributed by atoms with Crippen LogP contribution in [0.1, 0.15) is 45.7 Å². The van der Waals surface area contributed by atoms with Crippen molar-refractivity contribution in [1.82, 2.24) is 15.2 Å². The molecular weight excluding hydrogens is 354 g/mol. The number of carbonyl (C=O) groups is 1. The van der Waals surface area contributed by atoms with Crippen LogP contribution < -0.4 is 4.90 Å². The smallest absolute Gasteiger partial charge is 0.416 e. The Bertz CT molecular complexity index is 817. The molecule has 2 aromatic rings. The number of rotatable bonds is 4. The van der Waals surface area contributed by atoms with E-state index in [2.05, 4.69) is 15.2 Å². The third-order valence-electron chi connectivity index (χ3n) is 4.54. The largest absolute Gasteiger partial charge is 0.443 e. The van der Waals surface area contributed by atoms with Crippen LogP contribution in [-0.4, -0.2) is 33.4 Å². The molecule has 8 heteroatoms. The van der Waals surface area contributed by atoms with Gasteiger partial charge in [0, 0.05) is 18.2 Å². The first-order valence-electron chi connectivity index (χ1n) is 8.81. The van der Waals surface area contributed by atoms with E-state index < -0.39 is 28.9 Å². The van der Waals surface area contributed by atoms with Gasteiger partial charge in [-0.3, -0.25) is 9.88 Å². The monoisotopic (exact) mass is 376 g/mol. The van der Waals surface area contributed by atoms with E-state index in [0.29, 0.717) is 18.5 Å². The summed E-state index contributed by atoms with van der Waals surface area (Å²) in [5.74, 6) is -1.02. The Morgan fingerprint density at radius 2 is 1.96 bits per heavy atom. The van der Waals surface area contributed by atoms with Gasteiger partial charge in [-0.1, -0.05) is 6.42 Å². The molecule has 6 nitrogen and oxygen atoms in total. The van der Waals surface area contributed by atoms with Gasteiger partial charge in [-0.05, 0) is 57.9 Å². The topological polar surface area (TPSA) is 68.2 Å². The van der Waals surface area contributed by atoms with Crippen molar-refractivity contribution in [3.8, 4) is 0 Å². The van der Waals surface area contributed by atoms with E-state index in [0.717, 1.165) is 12.5 Å². The first-order valence-corrected chi connectivity index (χ1v) is 8.81. The van der Waals surface area contributed by atoms with E-state index in [1.807, 2.05) is 0 Å². The normalized spacial score (nSPS) is 15.7. The Labute approximate surface area is 156 Å². The number of halogens is 2. The van der Waals surface area contributed by atoms with Crippen LogP contribution in [-0.2, 0) is 10.2 Å². The van der Waals surface area contributed by atoms with Gasteiger partial charge in [0.15, 0.2) is 5.82 Å². The molecule has 0 radical (unpaired) electrons. The molecule has 144 valence electrons.